The van der Waals surface area contributed by atoms with Crippen molar-refractivity contribution in [1.29, 1.82) is 0 Å². The molecule has 0 unspecified atom stereocenters. The highest BCUT2D eigenvalue weighted by Crippen LogP contribution is 2.48. The van der Waals surface area contributed by atoms with Gasteiger partial charge in [0, 0.05) is 10.8 Å². The highest BCUT2D eigenvalue weighted by Gasteiger charge is 2.21. The van der Waals surface area contributed by atoms with Gasteiger partial charge < -0.3 is 4.42 Å². The topological polar surface area (TPSA) is 13.1 Å². The Bertz CT molecular complexity index is 3610. The third-order valence-electron chi connectivity index (χ3n) is 9.13. The predicted molar refractivity (Wildman–Crippen MR) is 216 cm³/mol. The van der Waals surface area contributed by atoms with Crippen LogP contribution < -0.4 is 0 Å². The summed E-state index contributed by atoms with van der Waals surface area (Å²) in [5, 5.41) is 2.09. The van der Waals surface area contributed by atoms with E-state index in [0.717, 1.165) is 0 Å². The van der Waals surface area contributed by atoms with Crippen LogP contribution in [0.4, 0.5) is 0 Å². The first-order valence-electron chi connectivity index (χ1n) is 23.4. The molecular formula is C50H32O. The molecule has 0 saturated heterocycles. The van der Waals surface area contributed by atoms with E-state index in [4.69, 9.17) is 16.8 Å². The maximum Gasteiger partial charge on any atom is 0.136 e. The van der Waals surface area contributed by atoms with Gasteiger partial charge in [0.1, 0.15) is 11.2 Å². The zero-order chi connectivity index (χ0) is 45.9. The van der Waals surface area contributed by atoms with Gasteiger partial charge in [0.15, 0.2) is 0 Å². The lowest BCUT2D eigenvalue weighted by atomic mass is 9.83. The Kier molecular flexibility index (Phi) is 4.32. The second-order valence-electron chi connectivity index (χ2n) is 12.1. The average Bonchev–Trinajstić information content (AvgIpc) is 3.72. The normalized spacial score (nSPS) is 15.4. The molecule has 1 heterocycles. The molecule has 0 spiro atoms. The summed E-state index contributed by atoms with van der Waals surface area (Å²) < 4.78 is 134. The monoisotopic (exact) mass is 662 g/mol. The Morgan fingerprint density at radius 3 is 1.53 bits per heavy atom. The molecule has 0 radical (unpaired) electrons. The molecule has 1 aromatic heterocycles. The lowest BCUT2D eigenvalue weighted by molar-refractivity contribution is 0.669. The zero-order valence-corrected chi connectivity index (χ0v) is 26.8. The molecule has 0 fully saturated rings. The summed E-state index contributed by atoms with van der Waals surface area (Å²) in [7, 11) is 0. The van der Waals surface area contributed by atoms with E-state index in [-0.39, 0.29) is 91.6 Å². The molecule has 10 aromatic rings. The van der Waals surface area contributed by atoms with Crippen molar-refractivity contribution < 1.29 is 23.6 Å². The maximum atomic E-state index is 9.92. The minimum Gasteiger partial charge on any atom is -0.456 e. The van der Waals surface area contributed by atoms with Crippen LogP contribution in [-0.2, 0) is 0 Å². The Labute approximate surface area is 316 Å². The summed E-state index contributed by atoms with van der Waals surface area (Å²) in [6, 6.07) is 25.4. The fourth-order valence-corrected chi connectivity index (χ4v) is 6.90. The lowest BCUT2D eigenvalue weighted by Gasteiger charge is -2.19. The van der Waals surface area contributed by atoms with E-state index >= 15 is 0 Å². The van der Waals surface area contributed by atoms with Gasteiger partial charge in [-0.3, -0.25) is 0 Å². The van der Waals surface area contributed by atoms with Crippen LogP contribution in [0.2, 0.25) is 0 Å². The van der Waals surface area contributed by atoms with Crippen LogP contribution in [0.25, 0.3) is 99.1 Å². The van der Waals surface area contributed by atoms with Crippen LogP contribution >= 0.6 is 0 Å². The van der Waals surface area contributed by atoms with Crippen molar-refractivity contribution in [2.24, 2.45) is 0 Å². The van der Waals surface area contributed by atoms with Crippen molar-refractivity contribution >= 4 is 43.5 Å². The number of rotatable bonds is 5. The first-order valence-corrected chi connectivity index (χ1v) is 16.4. The van der Waals surface area contributed by atoms with E-state index in [0.29, 0.717) is 43.8 Å². The number of hydrogen-bond acceptors (Lipinski definition) is 1. The van der Waals surface area contributed by atoms with E-state index < -0.39 is 48.3 Å². The minimum absolute atomic E-state index is 0.0103. The lowest BCUT2D eigenvalue weighted by Crippen LogP contribution is -1.92. The van der Waals surface area contributed by atoms with Gasteiger partial charge in [-0.2, -0.15) is 0 Å². The van der Waals surface area contributed by atoms with Crippen LogP contribution in [0.15, 0.2) is 198 Å². The van der Waals surface area contributed by atoms with Crippen LogP contribution in [0.5, 0.6) is 0 Å². The van der Waals surface area contributed by atoms with Crippen molar-refractivity contribution in [3.8, 4) is 55.6 Å². The molecule has 0 aliphatic heterocycles. The van der Waals surface area contributed by atoms with Crippen LogP contribution in [-0.4, -0.2) is 0 Å². The van der Waals surface area contributed by atoms with E-state index in [1.807, 2.05) is 0 Å². The molecule has 9 aromatic carbocycles. The van der Waals surface area contributed by atoms with E-state index in [1.54, 1.807) is 109 Å². The van der Waals surface area contributed by atoms with Gasteiger partial charge >= 0.3 is 0 Å². The third-order valence-corrected chi connectivity index (χ3v) is 9.13. The Hall–Kier alpha value is -6.70. The summed E-state index contributed by atoms with van der Waals surface area (Å²) in [4.78, 5) is 0. The smallest absolute Gasteiger partial charge is 0.136 e. The maximum absolute atomic E-state index is 9.92. The third kappa shape index (κ3) is 4.94. The Balaban J connectivity index is 1.41. The molecule has 1 heteroatoms. The highest BCUT2D eigenvalue weighted by atomic mass is 16.3. The van der Waals surface area contributed by atoms with Gasteiger partial charge in [-0.05, 0) is 113 Å². The largest absolute Gasteiger partial charge is 0.456 e. The summed E-state index contributed by atoms with van der Waals surface area (Å²) in [5.74, 6) is 0. The molecule has 0 N–H and O–H groups in total. The SMILES string of the molecule is [2H]c1c([2H])c([2H])c(-c2c([2H])c(-c3ccccc3)c([2H])c(-c3c4ccccc4c(-c4c([2H])c([2H])c([2H])c5oc6c([2H])c([2H])c(-c7ccccc7)c([2H])c6c45)c4ccccc34)c2[2H])c([2H])c1[2H]. The summed E-state index contributed by atoms with van der Waals surface area (Å²) in [6.45, 7) is 0. The highest BCUT2D eigenvalue weighted by molar-refractivity contribution is 6.26. The molecular weight excluding hydrogens is 617 g/mol. The van der Waals surface area contributed by atoms with Crippen LogP contribution in [0, 0.1) is 0 Å². The molecule has 0 bridgehead atoms. The molecule has 0 saturated carbocycles. The zero-order valence-electron chi connectivity index (χ0n) is 40.8. The summed E-state index contributed by atoms with van der Waals surface area (Å²) >= 11 is 0. The predicted octanol–water partition coefficient (Wildman–Crippen LogP) is 14.2. The van der Waals surface area contributed by atoms with E-state index in [2.05, 4.69) is 0 Å². The number of benzene rings is 9. The van der Waals surface area contributed by atoms with Gasteiger partial charge in [-0.1, -0.05) is 158 Å². The summed E-state index contributed by atoms with van der Waals surface area (Å²) in [5.41, 5.74) is 1.17. The number of fused-ring (bicyclic) bond motifs is 5. The molecule has 1 nitrogen and oxygen atoms in total. The minimum atomic E-state index is -0.641. The van der Waals surface area contributed by atoms with Crippen molar-refractivity contribution in [2.45, 2.75) is 0 Å². The van der Waals surface area contributed by atoms with Crippen molar-refractivity contribution in [3.63, 3.8) is 0 Å². The fourth-order valence-electron chi connectivity index (χ4n) is 6.90. The molecule has 0 aliphatic rings. The van der Waals surface area contributed by atoms with Crippen molar-refractivity contribution in [1.82, 2.24) is 0 Å². The second-order valence-corrected chi connectivity index (χ2v) is 12.1. The Morgan fingerprint density at radius 1 is 0.333 bits per heavy atom. The van der Waals surface area contributed by atoms with E-state index in [9.17, 15) is 6.85 Å². The van der Waals surface area contributed by atoms with Crippen LogP contribution in [0.3, 0.4) is 0 Å². The molecule has 0 amide bonds. The molecule has 51 heavy (non-hydrogen) atoms. The van der Waals surface area contributed by atoms with E-state index in [1.165, 1.54) is 0 Å². The second kappa shape index (κ2) is 12.0. The van der Waals surface area contributed by atoms with Crippen molar-refractivity contribution in [2.75, 3.05) is 0 Å². The van der Waals surface area contributed by atoms with Gasteiger partial charge in [-0.25, -0.2) is 0 Å². The quantitative estimate of drug-likeness (QED) is 0.167. The first-order chi connectivity index (χ1) is 31.2. The standard InChI is InChI=1S/C50H32O/c1-4-15-33(16-5-1)36-27-28-46-45(32-36)50-44(25-14-26-47(50)51-46)49-42-23-12-10-21-40(42)48(41-22-11-13-24-43(41)49)39-30-37(34-17-6-2-7-18-34)29-38(31-39)35-19-8-3-9-20-35/h1-32H/i2D,6D,7D,14D,17D,18D,25D,26D,27D,28D,29D,30D,31D,32D. The molecule has 238 valence electrons. The average molecular weight is 663 g/mol. The molecule has 0 atom stereocenters. The number of hydrogen-bond donors (Lipinski definition) is 0. The number of furan rings is 1. The van der Waals surface area contributed by atoms with Crippen molar-refractivity contribution in [3.05, 3.63) is 194 Å². The van der Waals surface area contributed by atoms with Crippen LogP contribution in [0.1, 0.15) is 19.2 Å². The van der Waals surface area contributed by atoms with Gasteiger partial charge in [0.2, 0.25) is 0 Å². The first kappa shape index (κ1) is 18.3. The summed E-state index contributed by atoms with van der Waals surface area (Å²) in [6.07, 6.45) is 0. The fraction of sp³-hybridized carbons (Fsp3) is 0. The van der Waals surface area contributed by atoms with Gasteiger partial charge in [-0.15, -0.1) is 0 Å². The molecule has 0 aliphatic carbocycles. The molecule has 10 rings (SSSR count). The Morgan fingerprint density at radius 2 is 0.882 bits per heavy atom. The van der Waals surface area contributed by atoms with Gasteiger partial charge in [0.25, 0.3) is 0 Å². The van der Waals surface area contributed by atoms with Gasteiger partial charge in [0.05, 0.1) is 19.2 Å².